The molecule has 98 valence electrons. The van der Waals surface area contributed by atoms with Gasteiger partial charge in [0, 0.05) is 16.2 Å². The summed E-state index contributed by atoms with van der Waals surface area (Å²) < 4.78 is 16.9. The normalized spacial score (nSPS) is 21.9. The van der Waals surface area contributed by atoms with Gasteiger partial charge in [0.2, 0.25) is 0 Å². The van der Waals surface area contributed by atoms with E-state index in [2.05, 4.69) is 20.9 Å². The van der Waals surface area contributed by atoms with E-state index in [1.807, 2.05) is 29.8 Å². The third-order valence-electron chi connectivity index (χ3n) is 3.45. The fraction of sp³-hybridized carbons (Fsp3) is 0.214. The number of nitrogens with two attached hydrogens (primary N) is 1. The molecule has 1 aromatic carbocycles. The second kappa shape index (κ2) is 4.20. The first-order valence-electron chi connectivity index (χ1n) is 5.96. The summed E-state index contributed by atoms with van der Waals surface area (Å²) >= 11 is 3.37. The van der Waals surface area contributed by atoms with Crippen molar-refractivity contribution in [1.82, 2.24) is 4.57 Å². The zero-order valence-electron chi connectivity index (χ0n) is 10.4. The Bertz CT molecular complexity index is 677. The van der Waals surface area contributed by atoms with Gasteiger partial charge in [-0.25, -0.2) is 4.39 Å². The Morgan fingerprint density at radius 1 is 1.42 bits per heavy atom. The number of aliphatic imine (C=N–C) groups is 1. The van der Waals surface area contributed by atoms with Crippen molar-refractivity contribution < 1.29 is 4.39 Å². The largest absolute Gasteiger partial charge is 0.382 e. The van der Waals surface area contributed by atoms with Gasteiger partial charge in [0.25, 0.3) is 0 Å². The summed E-state index contributed by atoms with van der Waals surface area (Å²) in [6.45, 7) is 2.47. The highest BCUT2D eigenvalue weighted by Gasteiger charge is 2.34. The monoisotopic (exact) mass is 321 g/mol. The van der Waals surface area contributed by atoms with Crippen molar-refractivity contribution >= 4 is 21.8 Å². The van der Waals surface area contributed by atoms with Crippen LogP contribution in [0.4, 0.5) is 4.39 Å². The molecule has 0 fully saturated rings. The minimum absolute atomic E-state index is 0.266. The molecular formula is C14H13BrFN3. The van der Waals surface area contributed by atoms with Crippen molar-refractivity contribution in [2.75, 3.05) is 0 Å². The van der Waals surface area contributed by atoms with Gasteiger partial charge in [-0.1, -0.05) is 15.9 Å². The number of benzene rings is 1. The molecule has 1 aromatic heterocycles. The zero-order chi connectivity index (χ0) is 13.6. The minimum Gasteiger partial charge on any atom is -0.382 e. The molecule has 2 heterocycles. The first kappa shape index (κ1) is 12.4. The fourth-order valence-electron chi connectivity index (χ4n) is 2.53. The average molecular weight is 322 g/mol. The van der Waals surface area contributed by atoms with Crippen LogP contribution in [0.5, 0.6) is 0 Å². The lowest BCUT2D eigenvalue weighted by atomic mass is 9.90. The van der Waals surface area contributed by atoms with Gasteiger partial charge >= 0.3 is 0 Å². The van der Waals surface area contributed by atoms with Crippen molar-refractivity contribution in [3.63, 3.8) is 0 Å². The van der Waals surface area contributed by atoms with Crippen LogP contribution in [0.1, 0.15) is 18.2 Å². The SMILES string of the molecule is C[C@]1(c2cc(Br)ccc2F)Cn2cccc2C(N)=N1. The third kappa shape index (κ3) is 1.98. The van der Waals surface area contributed by atoms with Crippen LogP contribution in [0.25, 0.3) is 0 Å². The van der Waals surface area contributed by atoms with Crippen molar-refractivity contribution in [3.8, 4) is 0 Å². The van der Waals surface area contributed by atoms with E-state index in [4.69, 9.17) is 5.73 Å². The van der Waals surface area contributed by atoms with E-state index in [0.29, 0.717) is 17.9 Å². The van der Waals surface area contributed by atoms with Crippen LogP contribution >= 0.6 is 15.9 Å². The number of fused-ring (bicyclic) bond motifs is 1. The number of nitrogens with zero attached hydrogens (tertiary/aromatic N) is 2. The van der Waals surface area contributed by atoms with Gasteiger partial charge in [-0.15, -0.1) is 0 Å². The number of amidine groups is 1. The molecule has 3 nitrogen and oxygen atoms in total. The number of rotatable bonds is 1. The Morgan fingerprint density at radius 2 is 2.21 bits per heavy atom. The van der Waals surface area contributed by atoms with Gasteiger partial charge in [-0.05, 0) is 37.3 Å². The summed E-state index contributed by atoms with van der Waals surface area (Å²) in [5.74, 6) is 0.177. The number of hydrogen-bond donors (Lipinski definition) is 1. The van der Waals surface area contributed by atoms with E-state index in [1.165, 1.54) is 6.07 Å². The Morgan fingerprint density at radius 3 is 3.00 bits per heavy atom. The lowest BCUT2D eigenvalue weighted by Crippen LogP contribution is -2.37. The van der Waals surface area contributed by atoms with Crippen molar-refractivity contribution in [2.45, 2.75) is 19.0 Å². The van der Waals surface area contributed by atoms with E-state index in [-0.39, 0.29) is 5.82 Å². The maximum absolute atomic E-state index is 14.1. The van der Waals surface area contributed by atoms with Crippen LogP contribution in [0.3, 0.4) is 0 Å². The Hall–Kier alpha value is -1.62. The van der Waals surface area contributed by atoms with E-state index in [9.17, 15) is 4.39 Å². The maximum atomic E-state index is 14.1. The molecule has 1 aliphatic heterocycles. The Balaban J connectivity index is 2.15. The molecule has 0 aliphatic carbocycles. The van der Waals surface area contributed by atoms with E-state index in [1.54, 1.807) is 12.1 Å². The summed E-state index contributed by atoms with van der Waals surface area (Å²) in [5, 5.41) is 0. The summed E-state index contributed by atoms with van der Waals surface area (Å²) in [6.07, 6.45) is 1.94. The molecule has 0 bridgehead atoms. The molecule has 0 unspecified atom stereocenters. The summed E-state index contributed by atoms with van der Waals surface area (Å²) in [7, 11) is 0. The second-order valence-electron chi connectivity index (χ2n) is 4.92. The van der Waals surface area contributed by atoms with Crippen LogP contribution < -0.4 is 5.73 Å². The molecule has 0 saturated carbocycles. The molecule has 0 amide bonds. The minimum atomic E-state index is -0.691. The number of hydrogen-bond acceptors (Lipinski definition) is 2. The third-order valence-corrected chi connectivity index (χ3v) is 3.94. The first-order valence-corrected chi connectivity index (χ1v) is 6.75. The van der Waals surface area contributed by atoms with E-state index >= 15 is 0 Å². The molecule has 3 rings (SSSR count). The van der Waals surface area contributed by atoms with Crippen molar-refractivity contribution in [1.29, 1.82) is 0 Å². The molecule has 19 heavy (non-hydrogen) atoms. The fourth-order valence-corrected chi connectivity index (χ4v) is 2.89. The molecule has 0 saturated heterocycles. The van der Waals surface area contributed by atoms with Crippen LogP contribution in [0.2, 0.25) is 0 Å². The van der Waals surface area contributed by atoms with Crippen LogP contribution in [-0.4, -0.2) is 10.4 Å². The number of halogens is 2. The average Bonchev–Trinajstić information content (AvgIpc) is 2.80. The highest BCUT2D eigenvalue weighted by atomic mass is 79.9. The smallest absolute Gasteiger partial charge is 0.143 e. The molecule has 5 heteroatoms. The Kier molecular flexibility index (Phi) is 2.74. The standard InChI is InChI=1S/C14H13BrFN3/c1-14(10-7-9(15)4-5-11(10)16)8-19-6-2-3-12(19)13(17)18-14/h2-7H,8H2,1H3,(H2,17,18)/t14-/m1/s1. The van der Waals surface area contributed by atoms with Gasteiger partial charge < -0.3 is 10.3 Å². The first-order chi connectivity index (χ1) is 8.99. The maximum Gasteiger partial charge on any atom is 0.143 e. The molecule has 0 radical (unpaired) electrons. The summed E-state index contributed by atoms with van der Waals surface area (Å²) in [4.78, 5) is 4.51. The molecule has 2 N–H and O–H groups in total. The second-order valence-corrected chi connectivity index (χ2v) is 5.83. The van der Waals surface area contributed by atoms with Crippen LogP contribution in [0, 0.1) is 5.82 Å². The van der Waals surface area contributed by atoms with Gasteiger partial charge in [0.15, 0.2) is 0 Å². The summed E-state index contributed by atoms with van der Waals surface area (Å²) in [5.41, 5.74) is 6.72. The zero-order valence-corrected chi connectivity index (χ0v) is 12.0. The summed E-state index contributed by atoms with van der Waals surface area (Å²) in [6, 6.07) is 8.72. The quantitative estimate of drug-likeness (QED) is 0.862. The molecule has 1 atom stereocenters. The predicted molar refractivity (Wildman–Crippen MR) is 76.6 cm³/mol. The van der Waals surface area contributed by atoms with E-state index < -0.39 is 5.54 Å². The number of aromatic nitrogens is 1. The van der Waals surface area contributed by atoms with Crippen molar-refractivity contribution in [2.24, 2.45) is 10.7 Å². The highest BCUT2D eigenvalue weighted by Crippen LogP contribution is 2.34. The Labute approximate surface area is 119 Å². The molecular weight excluding hydrogens is 309 g/mol. The van der Waals surface area contributed by atoms with Gasteiger partial charge in [-0.2, -0.15) is 0 Å². The van der Waals surface area contributed by atoms with Crippen LogP contribution in [-0.2, 0) is 12.1 Å². The molecule has 1 aliphatic rings. The molecule has 0 spiro atoms. The van der Waals surface area contributed by atoms with Gasteiger partial charge in [0.1, 0.15) is 17.2 Å². The lowest BCUT2D eigenvalue weighted by Gasteiger charge is -2.32. The lowest BCUT2D eigenvalue weighted by molar-refractivity contribution is 0.385. The van der Waals surface area contributed by atoms with Crippen molar-refractivity contribution in [3.05, 3.63) is 58.1 Å². The predicted octanol–water partition coefficient (Wildman–Crippen LogP) is 3.02. The van der Waals surface area contributed by atoms with E-state index in [0.717, 1.165) is 10.2 Å². The topological polar surface area (TPSA) is 43.3 Å². The van der Waals surface area contributed by atoms with Gasteiger partial charge in [0.05, 0.1) is 12.2 Å². The highest BCUT2D eigenvalue weighted by molar-refractivity contribution is 9.10. The molecule has 2 aromatic rings. The van der Waals surface area contributed by atoms with Gasteiger partial charge in [-0.3, -0.25) is 4.99 Å². The van der Waals surface area contributed by atoms with Crippen LogP contribution in [0.15, 0.2) is 46.0 Å².